The number of methoxy groups -OCH3 is 1. The molecule has 0 atom stereocenters. The number of benzene rings is 1. The van der Waals surface area contributed by atoms with E-state index in [9.17, 15) is 9.59 Å². The number of rotatable bonds is 4. The van der Waals surface area contributed by atoms with Crippen molar-refractivity contribution in [3.8, 4) is 17.4 Å². The van der Waals surface area contributed by atoms with Gasteiger partial charge in [0, 0.05) is 0 Å². The summed E-state index contributed by atoms with van der Waals surface area (Å²) in [5, 5.41) is 9.13. The summed E-state index contributed by atoms with van der Waals surface area (Å²) in [5.74, 6) is -1.29. The lowest BCUT2D eigenvalue weighted by Crippen LogP contribution is -2.14. The molecule has 8 nitrogen and oxygen atoms in total. The minimum absolute atomic E-state index is 0.0766. The maximum atomic E-state index is 11.4. The van der Waals surface area contributed by atoms with Crippen LogP contribution >= 0.6 is 0 Å². The fraction of sp³-hybridized carbons (Fsp3) is 0.0833. The van der Waals surface area contributed by atoms with Gasteiger partial charge in [0.1, 0.15) is 5.56 Å². The average molecular weight is 277 g/mol. The molecule has 4 N–H and O–H groups in total. The van der Waals surface area contributed by atoms with Crippen LogP contribution in [0.15, 0.2) is 29.3 Å². The van der Waals surface area contributed by atoms with Crippen LogP contribution in [0.1, 0.15) is 10.4 Å². The third kappa shape index (κ3) is 2.39. The van der Waals surface area contributed by atoms with Gasteiger partial charge in [-0.25, -0.2) is 9.78 Å². The van der Waals surface area contributed by atoms with E-state index in [-0.39, 0.29) is 28.6 Å². The summed E-state index contributed by atoms with van der Waals surface area (Å²) in [6, 6.07) is 4.36. The molecule has 0 aliphatic rings. The van der Waals surface area contributed by atoms with E-state index in [0.717, 1.165) is 6.33 Å². The SMILES string of the molecule is COc1cccc(C(=O)O)c1Oc1nc[nH]c(=O)c1N. The molecule has 104 valence electrons. The molecule has 1 aromatic carbocycles. The van der Waals surface area contributed by atoms with Crippen LogP contribution < -0.4 is 20.8 Å². The summed E-state index contributed by atoms with van der Waals surface area (Å²) in [6.45, 7) is 0. The van der Waals surface area contributed by atoms with Gasteiger partial charge in [-0.3, -0.25) is 4.79 Å². The molecule has 8 heteroatoms. The number of carboxylic acids is 1. The molecule has 0 spiro atoms. The van der Waals surface area contributed by atoms with Gasteiger partial charge in [-0.05, 0) is 12.1 Å². The van der Waals surface area contributed by atoms with Gasteiger partial charge in [-0.1, -0.05) is 6.07 Å². The van der Waals surface area contributed by atoms with E-state index in [4.69, 9.17) is 20.3 Å². The predicted molar refractivity (Wildman–Crippen MR) is 69.3 cm³/mol. The summed E-state index contributed by atoms with van der Waals surface area (Å²) in [6.07, 6.45) is 1.10. The number of hydrogen-bond acceptors (Lipinski definition) is 6. The summed E-state index contributed by atoms with van der Waals surface area (Å²) >= 11 is 0. The summed E-state index contributed by atoms with van der Waals surface area (Å²) in [4.78, 5) is 28.6. The number of nitrogen functional groups attached to an aromatic ring is 1. The lowest BCUT2D eigenvalue weighted by molar-refractivity contribution is 0.0693. The van der Waals surface area contributed by atoms with Gasteiger partial charge in [0.15, 0.2) is 17.2 Å². The van der Waals surface area contributed by atoms with Crippen LogP contribution in [-0.4, -0.2) is 28.2 Å². The Hall–Kier alpha value is -3.03. The Morgan fingerprint density at radius 1 is 1.45 bits per heavy atom. The molecule has 0 aliphatic carbocycles. The minimum Gasteiger partial charge on any atom is -0.493 e. The molecule has 0 amide bonds. The number of para-hydroxylation sites is 1. The first-order valence-electron chi connectivity index (χ1n) is 5.46. The molecular weight excluding hydrogens is 266 g/mol. The molecule has 20 heavy (non-hydrogen) atoms. The number of ether oxygens (including phenoxy) is 2. The summed E-state index contributed by atoms with van der Waals surface area (Å²) < 4.78 is 10.4. The van der Waals surface area contributed by atoms with Crippen LogP contribution in [0.25, 0.3) is 0 Å². The van der Waals surface area contributed by atoms with Gasteiger partial charge < -0.3 is 25.3 Å². The number of aromatic amines is 1. The molecule has 0 radical (unpaired) electrons. The van der Waals surface area contributed by atoms with E-state index in [1.165, 1.54) is 25.3 Å². The lowest BCUT2D eigenvalue weighted by Gasteiger charge is -2.12. The zero-order valence-electron chi connectivity index (χ0n) is 10.4. The number of aromatic nitrogens is 2. The van der Waals surface area contributed by atoms with E-state index >= 15 is 0 Å². The van der Waals surface area contributed by atoms with Gasteiger partial charge in [0.2, 0.25) is 5.88 Å². The monoisotopic (exact) mass is 277 g/mol. The number of H-pyrrole nitrogens is 1. The molecule has 1 aromatic heterocycles. The van der Waals surface area contributed by atoms with E-state index < -0.39 is 11.5 Å². The molecular formula is C12H11N3O5. The van der Waals surface area contributed by atoms with Crippen LogP contribution in [0.3, 0.4) is 0 Å². The normalized spacial score (nSPS) is 10.1. The number of nitrogens with one attached hydrogen (secondary N) is 1. The number of carboxylic acid groups (broad SMARTS) is 1. The molecule has 0 saturated heterocycles. The fourth-order valence-corrected chi connectivity index (χ4v) is 1.52. The first-order chi connectivity index (χ1) is 9.54. The fourth-order valence-electron chi connectivity index (χ4n) is 1.52. The van der Waals surface area contributed by atoms with Crippen LogP contribution in [0, 0.1) is 0 Å². The number of nitrogens with two attached hydrogens (primary N) is 1. The van der Waals surface area contributed by atoms with E-state index in [1.807, 2.05) is 0 Å². The largest absolute Gasteiger partial charge is 0.493 e. The first kappa shape index (κ1) is 13.4. The summed E-state index contributed by atoms with van der Waals surface area (Å²) in [7, 11) is 1.36. The van der Waals surface area contributed by atoms with Crippen molar-refractivity contribution in [1.82, 2.24) is 9.97 Å². The van der Waals surface area contributed by atoms with Crippen LogP contribution in [0.5, 0.6) is 17.4 Å². The highest BCUT2D eigenvalue weighted by atomic mass is 16.5. The van der Waals surface area contributed by atoms with Crippen molar-refractivity contribution in [2.45, 2.75) is 0 Å². The topological polar surface area (TPSA) is 128 Å². The first-order valence-corrected chi connectivity index (χ1v) is 5.46. The number of nitrogens with zero attached hydrogens (tertiary/aromatic N) is 1. The second-order valence-electron chi connectivity index (χ2n) is 3.69. The van der Waals surface area contributed by atoms with Crippen molar-refractivity contribution >= 4 is 11.7 Å². The third-order valence-corrected chi connectivity index (χ3v) is 2.48. The highest BCUT2D eigenvalue weighted by Crippen LogP contribution is 2.35. The van der Waals surface area contributed by atoms with Gasteiger partial charge in [0.25, 0.3) is 5.56 Å². The zero-order valence-corrected chi connectivity index (χ0v) is 10.4. The Kier molecular flexibility index (Phi) is 3.56. The van der Waals surface area contributed by atoms with Crippen molar-refractivity contribution in [3.63, 3.8) is 0 Å². The van der Waals surface area contributed by atoms with Crippen molar-refractivity contribution in [2.24, 2.45) is 0 Å². The molecule has 0 fully saturated rings. The van der Waals surface area contributed by atoms with Crippen LogP contribution in [0.4, 0.5) is 5.69 Å². The van der Waals surface area contributed by atoms with Crippen molar-refractivity contribution in [1.29, 1.82) is 0 Å². The Bertz CT molecular complexity index is 710. The number of carbonyl (C=O) groups is 1. The minimum atomic E-state index is -1.21. The number of anilines is 1. The smallest absolute Gasteiger partial charge is 0.339 e. The molecule has 2 aromatic rings. The predicted octanol–water partition coefficient (Wildman–Crippen LogP) is 0.851. The maximum Gasteiger partial charge on any atom is 0.339 e. The summed E-state index contributed by atoms with van der Waals surface area (Å²) in [5.41, 5.74) is 4.56. The Morgan fingerprint density at radius 3 is 2.85 bits per heavy atom. The van der Waals surface area contributed by atoms with Gasteiger partial charge in [0.05, 0.1) is 13.4 Å². The highest BCUT2D eigenvalue weighted by Gasteiger charge is 2.19. The molecule has 1 heterocycles. The second kappa shape index (κ2) is 5.31. The molecule has 0 aliphatic heterocycles. The molecule has 0 unspecified atom stereocenters. The van der Waals surface area contributed by atoms with E-state index in [1.54, 1.807) is 0 Å². The van der Waals surface area contributed by atoms with Gasteiger partial charge in [-0.2, -0.15) is 0 Å². The number of hydrogen-bond donors (Lipinski definition) is 3. The molecule has 0 bridgehead atoms. The van der Waals surface area contributed by atoms with Crippen molar-refractivity contribution in [3.05, 3.63) is 40.4 Å². The van der Waals surface area contributed by atoms with E-state index in [0.29, 0.717) is 0 Å². The Balaban J connectivity index is 2.55. The average Bonchev–Trinajstić information content (AvgIpc) is 2.43. The zero-order chi connectivity index (χ0) is 14.7. The van der Waals surface area contributed by atoms with Gasteiger partial charge in [-0.15, -0.1) is 0 Å². The lowest BCUT2D eigenvalue weighted by atomic mass is 10.2. The van der Waals surface area contributed by atoms with Crippen molar-refractivity contribution < 1.29 is 19.4 Å². The Morgan fingerprint density at radius 2 is 2.20 bits per heavy atom. The van der Waals surface area contributed by atoms with E-state index in [2.05, 4.69) is 9.97 Å². The maximum absolute atomic E-state index is 11.4. The van der Waals surface area contributed by atoms with Crippen molar-refractivity contribution in [2.75, 3.05) is 12.8 Å². The quantitative estimate of drug-likeness (QED) is 0.755. The Labute approximate surface area is 112 Å². The molecule has 2 rings (SSSR count). The second-order valence-corrected chi connectivity index (χ2v) is 3.69. The van der Waals surface area contributed by atoms with Crippen LogP contribution in [0.2, 0.25) is 0 Å². The standard InChI is InChI=1S/C12H11N3O5/c1-19-7-4-2-3-6(12(17)18)9(7)20-11-8(13)10(16)14-5-15-11/h2-5H,13H2,1H3,(H,17,18)(H,14,15,16). The number of aromatic carboxylic acids is 1. The van der Waals surface area contributed by atoms with Crippen LogP contribution in [-0.2, 0) is 0 Å². The van der Waals surface area contributed by atoms with Gasteiger partial charge >= 0.3 is 5.97 Å². The highest BCUT2D eigenvalue weighted by molar-refractivity contribution is 5.92. The third-order valence-electron chi connectivity index (χ3n) is 2.48. The molecule has 0 saturated carbocycles.